The predicted molar refractivity (Wildman–Crippen MR) is 356 cm³/mol. The van der Waals surface area contributed by atoms with Crippen molar-refractivity contribution in [3.8, 4) is 11.1 Å². The summed E-state index contributed by atoms with van der Waals surface area (Å²) in [4.78, 5) is 4.20. The number of rotatable bonds is 4. The quantitative estimate of drug-likeness (QED) is 0.177. The smallest absolute Gasteiger partial charge is 0.198 e. The number of hydrogen-bond acceptors (Lipinski definition) is 4. The van der Waals surface area contributed by atoms with Gasteiger partial charge in [0.15, 0.2) is 7.28 Å². The van der Waals surface area contributed by atoms with Crippen LogP contribution in [0.2, 0.25) is 0 Å². The molecule has 8 aromatic rings. The van der Waals surface area contributed by atoms with E-state index in [1.165, 1.54) is 176 Å². The van der Waals surface area contributed by atoms with Crippen molar-refractivity contribution in [1.82, 2.24) is 0 Å². The number of thiophene rings is 1. The van der Waals surface area contributed by atoms with Gasteiger partial charge in [-0.1, -0.05) is 165 Å². The molecule has 0 spiro atoms. The third-order valence-electron chi connectivity index (χ3n) is 22.2. The highest BCUT2D eigenvalue weighted by Gasteiger charge is 2.44. The highest BCUT2D eigenvalue weighted by atomic mass is 32.2. The van der Waals surface area contributed by atoms with E-state index in [1.807, 2.05) is 11.3 Å². The van der Waals surface area contributed by atoms with Crippen molar-refractivity contribution >= 4 is 95.0 Å². The lowest BCUT2D eigenvalue weighted by molar-refractivity contribution is 0.331. The molecular formula is C76H86BN2S2. The topological polar surface area (TPSA) is 15.3 Å². The van der Waals surface area contributed by atoms with Crippen LogP contribution in [-0.2, 0) is 43.3 Å². The Kier molecular flexibility index (Phi) is 11.6. The SMILES string of the molecule is Cc1cc2c(cc1N1C3=C([B]c4c1cc1ccccc1c4-c1c(Nc4ccc5c(c4)C(C)(C)CCC5(C)C)ccc4c1sc1cc5c(cc14)C(C)(C)CCC5(C)C)c1cc4c(cc1SC3)C(C)(C)CCC4(C)C)C(C)(C)CCC2(C)C. The van der Waals surface area contributed by atoms with Crippen LogP contribution in [0.1, 0.15) is 218 Å². The molecule has 415 valence electrons. The van der Waals surface area contributed by atoms with Crippen LogP contribution >= 0.6 is 23.1 Å². The minimum atomic E-state index is 0.0534. The van der Waals surface area contributed by atoms with Gasteiger partial charge in [-0.2, -0.15) is 0 Å². The molecule has 2 aliphatic heterocycles. The van der Waals surface area contributed by atoms with Crippen LogP contribution in [0.5, 0.6) is 0 Å². The Labute approximate surface area is 494 Å². The molecule has 1 N–H and O–H groups in total. The fourth-order valence-electron chi connectivity index (χ4n) is 16.2. The second-order valence-electron chi connectivity index (χ2n) is 31.4. The van der Waals surface area contributed by atoms with Gasteiger partial charge in [0.25, 0.3) is 0 Å². The van der Waals surface area contributed by atoms with Crippen molar-refractivity contribution in [2.24, 2.45) is 0 Å². The van der Waals surface area contributed by atoms with Crippen LogP contribution in [0.4, 0.5) is 22.7 Å². The van der Waals surface area contributed by atoms with E-state index in [1.54, 1.807) is 5.56 Å². The second kappa shape index (κ2) is 17.4. The number of anilines is 4. The van der Waals surface area contributed by atoms with Crippen LogP contribution in [0, 0.1) is 6.92 Å². The highest BCUT2D eigenvalue weighted by Crippen LogP contribution is 2.57. The first-order valence-electron chi connectivity index (χ1n) is 30.8. The summed E-state index contributed by atoms with van der Waals surface area (Å²) in [6, 6.07) is 40.0. The Balaban J connectivity index is 1.09. The van der Waals surface area contributed by atoms with Crippen molar-refractivity contribution in [2.45, 2.75) is 217 Å². The summed E-state index contributed by atoms with van der Waals surface area (Å²) in [5.74, 6) is 0.899. The predicted octanol–water partition coefficient (Wildman–Crippen LogP) is 21.3. The van der Waals surface area contributed by atoms with E-state index in [4.69, 9.17) is 0 Å². The number of thioether (sulfide) groups is 1. The third kappa shape index (κ3) is 8.12. The molecule has 0 unspecified atom stereocenters. The van der Waals surface area contributed by atoms with Crippen molar-refractivity contribution < 1.29 is 0 Å². The average Bonchev–Trinajstić information content (AvgIpc) is 3.40. The molecule has 7 aromatic carbocycles. The van der Waals surface area contributed by atoms with Crippen LogP contribution in [0.15, 0.2) is 108 Å². The molecule has 0 saturated carbocycles. The monoisotopic (exact) mass is 1100 g/mol. The first kappa shape index (κ1) is 53.8. The largest absolute Gasteiger partial charge is 0.355 e. The molecular weight excluding hydrogens is 1020 g/mol. The molecule has 2 nitrogen and oxygen atoms in total. The van der Waals surface area contributed by atoms with Gasteiger partial charge in [-0.05, 0) is 228 Å². The normalized spacial score (nSPS) is 21.7. The standard InChI is InChI=1S/C76H86BN2S2/c1-43-34-51-55(74(12,13)31-28-70(51,4)5)39-59(43)79-60-35-44-20-18-19-21-46(44)64(67(60)77-66-49-38-54-56(40-62(49)80-42-61(66)79)75(14,15)32-30-73(54,10)11)65-58(78-45-22-24-50-52(36-45)71(6,7)27-26-69(50,2)3)25-23-47-48-37-53-57(41-63(48)81-68(47)65)76(16,17)33-29-72(53,8)9/h18-25,34-41,78H,26-33,42H2,1-17H3. The number of aryl methyl sites for hydroxylation is 1. The lowest BCUT2D eigenvalue weighted by atomic mass is 9.54. The molecule has 5 heteroatoms. The van der Waals surface area contributed by atoms with Crippen LogP contribution in [0.25, 0.3) is 47.5 Å². The van der Waals surface area contributed by atoms with Gasteiger partial charge in [-0.3, -0.25) is 0 Å². The maximum atomic E-state index is 4.26. The van der Waals surface area contributed by atoms with Gasteiger partial charge in [0.05, 0.1) is 0 Å². The summed E-state index contributed by atoms with van der Waals surface area (Å²) in [7, 11) is 2.68. The second-order valence-corrected chi connectivity index (χ2v) is 33.5. The van der Waals surface area contributed by atoms with Crippen molar-refractivity contribution in [3.05, 3.63) is 158 Å². The van der Waals surface area contributed by atoms with Crippen LogP contribution in [0.3, 0.4) is 0 Å². The van der Waals surface area contributed by atoms with E-state index < -0.39 is 0 Å². The zero-order chi connectivity index (χ0) is 57.1. The molecule has 0 saturated heterocycles. The van der Waals surface area contributed by atoms with Crippen molar-refractivity contribution in [2.75, 3.05) is 16.0 Å². The Bertz CT molecular complexity index is 4090. The van der Waals surface area contributed by atoms with E-state index in [9.17, 15) is 0 Å². The molecule has 1 aromatic heterocycles. The lowest BCUT2D eigenvalue weighted by Crippen LogP contribution is -2.39. The highest BCUT2D eigenvalue weighted by molar-refractivity contribution is 7.99. The maximum Gasteiger partial charge on any atom is 0.198 e. The number of fused-ring (bicyclic) bond motifs is 11. The summed E-state index contributed by atoms with van der Waals surface area (Å²) in [6.07, 6.45) is 9.53. The van der Waals surface area contributed by atoms with E-state index in [2.05, 4.69) is 244 Å². The fourth-order valence-corrected chi connectivity index (χ4v) is 18.6. The molecule has 3 heterocycles. The van der Waals surface area contributed by atoms with Crippen molar-refractivity contribution in [3.63, 3.8) is 0 Å². The van der Waals surface area contributed by atoms with Gasteiger partial charge in [-0.25, -0.2) is 0 Å². The molecule has 6 aliphatic rings. The molecule has 0 bridgehead atoms. The number of benzene rings is 7. The lowest BCUT2D eigenvalue weighted by Gasteiger charge is -2.45. The van der Waals surface area contributed by atoms with Gasteiger partial charge in [0, 0.05) is 64.8 Å². The van der Waals surface area contributed by atoms with Crippen LogP contribution < -0.4 is 15.7 Å². The first-order chi connectivity index (χ1) is 38.0. The Morgan fingerprint density at radius 2 is 0.988 bits per heavy atom. The third-order valence-corrected chi connectivity index (χ3v) is 24.4. The zero-order valence-corrected chi connectivity index (χ0v) is 53.6. The number of nitrogens with one attached hydrogen (secondary N) is 1. The Morgan fingerprint density at radius 3 is 1.62 bits per heavy atom. The molecule has 81 heavy (non-hydrogen) atoms. The van der Waals surface area contributed by atoms with Gasteiger partial charge >= 0.3 is 0 Å². The minimum Gasteiger partial charge on any atom is -0.355 e. The number of nitrogens with zero attached hydrogens (tertiary/aromatic N) is 1. The minimum absolute atomic E-state index is 0.0534. The van der Waals surface area contributed by atoms with Gasteiger partial charge in [0.1, 0.15) is 0 Å². The van der Waals surface area contributed by atoms with Crippen LogP contribution in [-0.4, -0.2) is 13.0 Å². The summed E-state index contributed by atoms with van der Waals surface area (Å²) in [5, 5.41) is 9.57. The van der Waals surface area contributed by atoms with Gasteiger partial charge in [-0.15, -0.1) is 23.1 Å². The summed E-state index contributed by atoms with van der Waals surface area (Å²) in [6.45, 7) is 42.0. The molecule has 0 amide bonds. The van der Waals surface area contributed by atoms with E-state index in [0.29, 0.717) is 0 Å². The Hall–Kier alpha value is -5.23. The summed E-state index contributed by atoms with van der Waals surface area (Å²) < 4.78 is 2.75. The van der Waals surface area contributed by atoms with Crippen molar-refractivity contribution in [1.29, 1.82) is 0 Å². The Morgan fingerprint density at radius 1 is 0.457 bits per heavy atom. The summed E-state index contributed by atoms with van der Waals surface area (Å²) >= 11 is 4.08. The maximum absolute atomic E-state index is 4.26. The van der Waals surface area contributed by atoms with Gasteiger partial charge in [0.2, 0.25) is 0 Å². The summed E-state index contributed by atoms with van der Waals surface area (Å²) in [5.41, 5.74) is 27.3. The van der Waals surface area contributed by atoms with Gasteiger partial charge < -0.3 is 10.2 Å². The van der Waals surface area contributed by atoms with E-state index in [-0.39, 0.29) is 43.3 Å². The average molecular weight is 1100 g/mol. The first-order valence-corrected chi connectivity index (χ1v) is 32.7. The zero-order valence-electron chi connectivity index (χ0n) is 51.9. The molecule has 0 atom stereocenters. The molecule has 0 fully saturated rings. The number of hydrogen-bond donors (Lipinski definition) is 1. The molecule has 4 aliphatic carbocycles. The van der Waals surface area contributed by atoms with E-state index in [0.717, 1.165) is 17.1 Å². The van der Waals surface area contributed by atoms with E-state index >= 15 is 0 Å². The molecule has 1 radical (unpaired) electrons. The molecule has 14 rings (SSSR count). The fraction of sp³-hybridized carbons (Fsp3) is 0.447.